The van der Waals surface area contributed by atoms with Crippen molar-refractivity contribution in [2.45, 2.75) is 37.0 Å². The lowest BCUT2D eigenvalue weighted by atomic mass is 10.1. The summed E-state index contributed by atoms with van der Waals surface area (Å²) in [6.07, 6.45) is 4.83. The summed E-state index contributed by atoms with van der Waals surface area (Å²) in [6.45, 7) is 3.04. The molecule has 2 aliphatic heterocycles. The fourth-order valence-electron chi connectivity index (χ4n) is 2.24. The standard InChI is InChI=1S/C12H22N2O2S/c15-12(14-8-11-2-1-7-17-11)9-16-10-3-5-13-6-4-10/h10-11,13H,1-9H2,(H,14,15). The summed E-state index contributed by atoms with van der Waals surface area (Å²) < 4.78 is 5.60. The van der Waals surface area contributed by atoms with E-state index >= 15 is 0 Å². The van der Waals surface area contributed by atoms with Gasteiger partial charge in [-0.2, -0.15) is 11.8 Å². The molecule has 1 unspecified atom stereocenters. The first-order chi connectivity index (χ1) is 8.34. The van der Waals surface area contributed by atoms with E-state index in [1.165, 1.54) is 18.6 Å². The number of rotatable bonds is 5. The second-order valence-corrected chi connectivity index (χ2v) is 6.11. The maximum atomic E-state index is 11.6. The minimum absolute atomic E-state index is 0.0380. The molecule has 0 bridgehead atoms. The lowest BCUT2D eigenvalue weighted by Gasteiger charge is -2.22. The van der Waals surface area contributed by atoms with Gasteiger partial charge >= 0.3 is 0 Å². The highest BCUT2D eigenvalue weighted by molar-refractivity contribution is 8.00. The van der Waals surface area contributed by atoms with Gasteiger partial charge in [-0.25, -0.2) is 0 Å². The number of ether oxygens (including phenoxy) is 1. The molecule has 0 spiro atoms. The molecular weight excluding hydrogens is 236 g/mol. The number of carbonyl (C=O) groups is 1. The zero-order valence-corrected chi connectivity index (χ0v) is 11.1. The number of thioether (sulfide) groups is 1. The predicted octanol–water partition coefficient (Wildman–Crippen LogP) is 0.767. The molecule has 2 saturated heterocycles. The largest absolute Gasteiger partial charge is 0.368 e. The van der Waals surface area contributed by atoms with Crippen molar-refractivity contribution in [3.63, 3.8) is 0 Å². The van der Waals surface area contributed by atoms with Gasteiger partial charge in [0.05, 0.1) is 6.10 Å². The number of piperidine rings is 1. The molecule has 1 amide bonds. The van der Waals surface area contributed by atoms with E-state index in [9.17, 15) is 4.79 Å². The summed E-state index contributed by atoms with van der Waals surface area (Å²) in [4.78, 5) is 11.6. The Morgan fingerprint density at radius 1 is 1.35 bits per heavy atom. The van der Waals surface area contributed by atoms with E-state index in [0.717, 1.165) is 32.5 Å². The van der Waals surface area contributed by atoms with Crippen LogP contribution in [0.5, 0.6) is 0 Å². The normalized spacial score (nSPS) is 26.0. The van der Waals surface area contributed by atoms with Gasteiger partial charge in [0.2, 0.25) is 5.91 Å². The van der Waals surface area contributed by atoms with Gasteiger partial charge in [-0.3, -0.25) is 4.79 Å². The van der Waals surface area contributed by atoms with Gasteiger partial charge in [0.1, 0.15) is 6.61 Å². The predicted molar refractivity (Wildman–Crippen MR) is 70.3 cm³/mol. The monoisotopic (exact) mass is 258 g/mol. The Morgan fingerprint density at radius 3 is 2.88 bits per heavy atom. The van der Waals surface area contributed by atoms with E-state index in [-0.39, 0.29) is 18.6 Å². The Bertz CT molecular complexity index is 239. The molecular formula is C12H22N2O2S. The van der Waals surface area contributed by atoms with Crippen LogP contribution in [0.4, 0.5) is 0 Å². The Hall–Kier alpha value is -0.260. The van der Waals surface area contributed by atoms with Crippen LogP contribution in [0.1, 0.15) is 25.7 Å². The van der Waals surface area contributed by atoms with Crippen LogP contribution in [-0.2, 0) is 9.53 Å². The Balaban J connectivity index is 1.53. The second kappa shape index (κ2) is 7.24. The molecule has 0 aliphatic carbocycles. The maximum absolute atomic E-state index is 11.6. The van der Waals surface area contributed by atoms with Crippen molar-refractivity contribution in [2.75, 3.05) is 32.0 Å². The van der Waals surface area contributed by atoms with Crippen molar-refractivity contribution in [3.05, 3.63) is 0 Å². The maximum Gasteiger partial charge on any atom is 0.246 e. The van der Waals surface area contributed by atoms with Crippen LogP contribution in [0.25, 0.3) is 0 Å². The third-order valence-electron chi connectivity index (χ3n) is 3.29. The number of hydrogen-bond donors (Lipinski definition) is 2. The number of nitrogens with one attached hydrogen (secondary N) is 2. The van der Waals surface area contributed by atoms with Crippen LogP contribution in [0.2, 0.25) is 0 Å². The number of carbonyl (C=O) groups excluding carboxylic acids is 1. The first kappa shape index (κ1) is 13.2. The van der Waals surface area contributed by atoms with Gasteiger partial charge < -0.3 is 15.4 Å². The fourth-order valence-corrected chi connectivity index (χ4v) is 3.44. The molecule has 2 aliphatic rings. The Kier molecular flexibility index (Phi) is 5.61. The summed E-state index contributed by atoms with van der Waals surface area (Å²) in [6, 6.07) is 0. The molecule has 0 saturated carbocycles. The highest BCUT2D eigenvalue weighted by Crippen LogP contribution is 2.25. The molecule has 2 heterocycles. The van der Waals surface area contributed by atoms with Crippen LogP contribution in [0, 0.1) is 0 Å². The average Bonchev–Trinajstić information content (AvgIpc) is 2.88. The minimum atomic E-state index is 0.0380. The summed E-state index contributed by atoms with van der Waals surface area (Å²) in [5.41, 5.74) is 0. The van der Waals surface area contributed by atoms with Gasteiger partial charge in [-0.15, -0.1) is 0 Å². The lowest BCUT2D eigenvalue weighted by molar-refractivity contribution is -0.128. The van der Waals surface area contributed by atoms with Crippen molar-refractivity contribution in [1.29, 1.82) is 0 Å². The van der Waals surface area contributed by atoms with Crippen molar-refractivity contribution in [1.82, 2.24) is 10.6 Å². The molecule has 17 heavy (non-hydrogen) atoms. The van der Waals surface area contributed by atoms with Gasteiger partial charge in [0.25, 0.3) is 0 Å². The Morgan fingerprint density at radius 2 is 2.18 bits per heavy atom. The van der Waals surface area contributed by atoms with E-state index in [4.69, 9.17) is 4.74 Å². The third kappa shape index (κ3) is 4.85. The van der Waals surface area contributed by atoms with Crippen molar-refractivity contribution in [3.8, 4) is 0 Å². The Labute approximate surface area is 107 Å². The van der Waals surface area contributed by atoms with E-state index in [0.29, 0.717) is 5.25 Å². The molecule has 2 fully saturated rings. The van der Waals surface area contributed by atoms with Gasteiger partial charge in [0, 0.05) is 11.8 Å². The number of hydrogen-bond acceptors (Lipinski definition) is 4. The van der Waals surface area contributed by atoms with Gasteiger partial charge in [0.15, 0.2) is 0 Å². The lowest BCUT2D eigenvalue weighted by Crippen LogP contribution is -2.37. The highest BCUT2D eigenvalue weighted by atomic mass is 32.2. The van der Waals surface area contributed by atoms with E-state index < -0.39 is 0 Å². The molecule has 5 heteroatoms. The summed E-state index contributed by atoms with van der Waals surface area (Å²) in [5.74, 6) is 1.28. The van der Waals surface area contributed by atoms with E-state index in [1.807, 2.05) is 11.8 Å². The smallest absolute Gasteiger partial charge is 0.246 e. The second-order valence-electron chi connectivity index (χ2n) is 4.70. The van der Waals surface area contributed by atoms with Crippen LogP contribution in [-0.4, -0.2) is 49.3 Å². The molecule has 0 aromatic heterocycles. The third-order valence-corrected chi connectivity index (χ3v) is 4.69. The van der Waals surface area contributed by atoms with Crippen LogP contribution in [0.3, 0.4) is 0 Å². The first-order valence-corrected chi connectivity index (χ1v) is 7.60. The molecule has 0 aromatic carbocycles. The molecule has 0 radical (unpaired) electrons. The van der Waals surface area contributed by atoms with Crippen LogP contribution >= 0.6 is 11.8 Å². The topological polar surface area (TPSA) is 50.4 Å². The molecule has 0 aromatic rings. The summed E-state index contributed by atoms with van der Waals surface area (Å²) in [7, 11) is 0. The highest BCUT2D eigenvalue weighted by Gasteiger charge is 2.17. The average molecular weight is 258 g/mol. The first-order valence-electron chi connectivity index (χ1n) is 6.55. The molecule has 4 nitrogen and oxygen atoms in total. The zero-order valence-electron chi connectivity index (χ0n) is 10.2. The van der Waals surface area contributed by atoms with Gasteiger partial charge in [-0.1, -0.05) is 0 Å². The summed E-state index contributed by atoms with van der Waals surface area (Å²) >= 11 is 1.97. The van der Waals surface area contributed by atoms with Crippen LogP contribution < -0.4 is 10.6 Å². The zero-order chi connectivity index (χ0) is 11.9. The van der Waals surface area contributed by atoms with Crippen molar-refractivity contribution < 1.29 is 9.53 Å². The molecule has 2 N–H and O–H groups in total. The fraction of sp³-hybridized carbons (Fsp3) is 0.917. The molecule has 2 rings (SSSR count). The van der Waals surface area contributed by atoms with Gasteiger partial charge in [-0.05, 0) is 44.5 Å². The molecule has 98 valence electrons. The minimum Gasteiger partial charge on any atom is -0.368 e. The van der Waals surface area contributed by atoms with E-state index in [2.05, 4.69) is 10.6 Å². The summed E-state index contributed by atoms with van der Waals surface area (Å²) in [5, 5.41) is 6.87. The molecule has 1 atom stereocenters. The SMILES string of the molecule is O=C(COC1CCNCC1)NCC1CCCS1. The van der Waals surface area contributed by atoms with Crippen molar-refractivity contribution >= 4 is 17.7 Å². The van der Waals surface area contributed by atoms with Crippen molar-refractivity contribution in [2.24, 2.45) is 0 Å². The van der Waals surface area contributed by atoms with Crippen LogP contribution in [0.15, 0.2) is 0 Å². The number of amides is 1. The van der Waals surface area contributed by atoms with E-state index in [1.54, 1.807) is 0 Å². The quantitative estimate of drug-likeness (QED) is 0.765.